The van der Waals surface area contributed by atoms with Crippen LogP contribution in [0.2, 0.25) is 0 Å². The molecule has 0 saturated heterocycles. The maximum atomic E-state index is 11.7. The van der Waals surface area contributed by atoms with Crippen molar-refractivity contribution in [1.82, 2.24) is 5.32 Å². The maximum Gasteiger partial charge on any atom is 0.224 e. The zero-order chi connectivity index (χ0) is 14.3. The smallest absolute Gasteiger partial charge is 0.224 e. The Morgan fingerprint density at radius 1 is 1.53 bits per heavy atom. The standard InChI is InChI=1S/C15H20N2O2/c1-4-15(3,11-16)17-14(18)8-9-19-13-7-5-6-12(2)10-13/h5-7,10H,4,8-9H2,1-3H3,(H,17,18). The van der Waals surface area contributed by atoms with E-state index >= 15 is 0 Å². The van der Waals surface area contributed by atoms with Gasteiger partial charge in [0.05, 0.1) is 19.1 Å². The van der Waals surface area contributed by atoms with Crippen molar-refractivity contribution in [2.75, 3.05) is 6.61 Å². The summed E-state index contributed by atoms with van der Waals surface area (Å²) < 4.78 is 5.50. The third-order valence-electron chi connectivity index (χ3n) is 2.96. The molecule has 0 aliphatic carbocycles. The van der Waals surface area contributed by atoms with E-state index in [0.717, 1.165) is 11.3 Å². The molecule has 0 heterocycles. The molecular formula is C15H20N2O2. The van der Waals surface area contributed by atoms with E-state index in [4.69, 9.17) is 10.00 Å². The number of benzene rings is 1. The summed E-state index contributed by atoms with van der Waals surface area (Å²) in [6.07, 6.45) is 0.819. The van der Waals surface area contributed by atoms with E-state index in [2.05, 4.69) is 11.4 Å². The van der Waals surface area contributed by atoms with Crippen LogP contribution in [0.5, 0.6) is 5.75 Å². The van der Waals surface area contributed by atoms with Gasteiger partial charge < -0.3 is 10.1 Å². The number of carbonyl (C=O) groups excluding carboxylic acids is 1. The van der Waals surface area contributed by atoms with Crippen molar-refractivity contribution in [3.63, 3.8) is 0 Å². The van der Waals surface area contributed by atoms with Crippen LogP contribution < -0.4 is 10.1 Å². The van der Waals surface area contributed by atoms with Crippen LogP contribution in [0.25, 0.3) is 0 Å². The van der Waals surface area contributed by atoms with Gasteiger partial charge >= 0.3 is 0 Å². The van der Waals surface area contributed by atoms with Crippen LogP contribution in [0.1, 0.15) is 32.3 Å². The fourth-order valence-corrected chi connectivity index (χ4v) is 1.53. The quantitative estimate of drug-likeness (QED) is 0.855. The van der Waals surface area contributed by atoms with Crippen LogP contribution in [-0.4, -0.2) is 18.1 Å². The average molecular weight is 260 g/mol. The fourth-order valence-electron chi connectivity index (χ4n) is 1.53. The fraction of sp³-hybridized carbons (Fsp3) is 0.467. The largest absolute Gasteiger partial charge is 0.493 e. The number of aryl methyl sites for hydroxylation is 1. The summed E-state index contributed by atoms with van der Waals surface area (Å²) in [4.78, 5) is 11.7. The minimum atomic E-state index is -0.791. The van der Waals surface area contributed by atoms with E-state index in [-0.39, 0.29) is 12.3 Å². The summed E-state index contributed by atoms with van der Waals surface area (Å²) in [5.41, 5.74) is 0.324. The first-order valence-electron chi connectivity index (χ1n) is 6.41. The molecule has 0 bridgehead atoms. The van der Waals surface area contributed by atoms with Crippen molar-refractivity contribution in [2.45, 2.75) is 39.2 Å². The highest BCUT2D eigenvalue weighted by Gasteiger charge is 2.23. The molecule has 0 fully saturated rings. The summed E-state index contributed by atoms with van der Waals surface area (Å²) >= 11 is 0. The molecule has 1 amide bonds. The van der Waals surface area contributed by atoms with Gasteiger partial charge in [0.25, 0.3) is 0 Å². The zero-order valence-corrected chi connectivity index (χ0v) is 11.7. The lowest BCUT2D eigenvalue weighted by atomic mass is 10.0. The number of ether oxygens (including phenoxy) is 1. The van der Waals surface area contributed by atoms with Crippen LogP contribution in [0, 0.1) is 18.3 Å². The number of nitrogens with zero attached hydrogens (tertiary/aromatic N) is 1. The molecule has 1 aromatic carbocycles. The van der Waals surface area contributed by atoms with Crippen LogP contribution in [0.4, 0.5) is 0 Å². The number of nitriles is 1. The SMILES string of the molecule is CCC(C)(C#N)NC(=O)CCOc1cccc(C)c1. The van der Waals surface area contributed by atoms with Crippen LogP contribution in [-0.2, 0) is 4.79 Å². The second-order valence-corrected chi connectivity index (χ2v) is 4.76. The monoisotopic (exact) mass is 260 g/mol. The van der Waals surface area contributed by atoms with Crippen molar-refractivity contribution in [1.29, 1.82) is 5.26 Å². The number of hydrogen-bond donors (Lipinski definition) is 1. The molecular weight excluding hydrogens is 240 g/mol. The van der Waals surface area contributed by atoms with E-state index in [1.54, 1.807) is 6.92 Å². The Morgan fingerprint density at radius 2 is 2.26 bits per heavy atom. The van der Waals surface area contributed by atoms with E-state index < -0.39 is 5.54 Å². The highest BCUT2D eigenvalue weighted by atomic mass is 16.5. The number of nitrogens with one attached hydrogen (secondary N) is 1. The number of carbonyl (C=O) groups is 1. The first-order chi connectivity index (χ1) is 8.99. The Balaban J connectivity index is 2.38. The van der Waals surface area contributed by atoms with E-state index in [1.165, 1.54) is 0 Å². The highest BCUT2D eigenvalue weighted by Crippen LogP contribution is 2.12. The van der Waals surface area contributed by atoms with Gasteiger partial charge in [-0.1, -0.05) is 19.1 Å². The molecule has 0 aliphatic heterocycles. The lowest BCUT2D eigenvalue weighted by Gasteiger charge is -2.21. The van der Waals surface area contributed by atoms with Gasteiger partial charge in [0.1, 0.15) is 11.3 Å². The van der Waals surface area contributed by atoms with E-state index in [1.807, 2.05) is 38.1 Å². The topological polar surface area (TPSA) is 62.1 Å². The van der Waals surface area contributed by atoms with Crippen LogP contribution in [0.15, 0.2) is 24.3 Å². The maximum absolute atomic E-state index is 11.7. The third kappa shape index (κ3) is 5.01. The molecule has 1 aromatic rings. The molecule has 1 atom stereocenters. The summed E-state index contributed by atoms with van der Waals surface area (Å²) in [6.45, 7) is 5.87. The molecule has 0 aliphatic rings. The predicted molar refractivity (Wildman–Crippen MR) is 73.7 cm³/mol. The Labute approximate surface area is 114 Å². The van der Waals surface area contributed by atoms with Gasteiger partial charge in [0.2, 0.25) is 5.91 Å². The second-order valence-electron chi connectivity index (χ2n) is 4.76. The Kier molecular flexibility index (Phi) is 5.37. The number of hydrogen-bond acceptors (Lipinski definition) is 3. The highest BCUT2D eigenvalue weighted by molar-refractivity contribution is 5.77. The molecule has 1 rings (SSSR count). The van der Waals surface area contributed by atoms with Crippen molar-refractivity contribution in [3.8, 4) is 11.8 Å². The first kappa shape index (κ1) is 15.0. The number of amides is 1. The van der Waals surface area contributed by atoms with Gasteiger partial charge in [-0.05, 0) is 38.0 Å². The minimum Gasteiger partial charge on any atom is -0.493 e. The minimum absolute atomic E-state index is 0.168. The number of rotatable bonds is 6. The van der Waals surface area contributed by atoms with E-state index in [9.17, 15) is 4.79 Å². The van der Waals surface area contributed by atoms with Gasteiger partial charge in [-0.2, -0.15) is 5.26 Å². The Morgan fingerprint density at radius 3 is 2.84 bits per heavy atom. The lowest BCUT2D eigenvalue weighted by Crippen LogP contribution is -2.44. The average Bonchev–Trinajstić information content (AvgIpc) is 2.38. The molecule has 0 saturated carbocycles. The molecule has 4 nitrogen and oxygen atoms in total. The third-order valence-corrected chi connectivity index (χ3v) is 2.96. The summed E-state index contributed by atoms with van der Waals surface area (Å²) in [5.74, 6) is 0.588. The van der Waals surface area contributed by atoms with E-state index in [0.29, 0.717) is 13.0 Å². The predicted octanol–water partition coefficient (Wildman–Crippen LogP) is 2.57. The molecule has 0 spiro atoms. The Bertz CT molecular complexity index is 479. The van der Waals surface area contributed by atoms with Gasteiger partial charge in [-0.25, -0.2) is 0 Å². The molecule has 4 heteroatoms. The lowest BCUT2D eigenvalue weighted by molar-refractivity contribution is -0.122. The van der Waals surface area contributed by atoms with Crippen LogP contribution >= 0.6 is 0 Å². The van der Waals surface area contributed by atoms with Crippen molar-refractivity contribution in [3.05, 3.63) is 29.8 Å². The Hall–Kier alpha value is -2.02. The van der Waals surface area contributed by atoms with Gasteiger partial charge in [0.15, 0.2) is 0 Å². The van der Waals surface area contributed by atoms with Crippen molar-refractivity contribution in [2.24, 2.45) is 0 Å². The van der Waals surface area contributed by atoms with Gasteiger partial charge in [0, 0.05) is 0 Å². The molecule has 0 aromatic heterocycles. The first-order valence-corrected chi connectivity index (χ1v) is 6.41. The molecule has 1 N–H and O–H groups in total. The molecule has 102 valence electrons. The van der Waals surface area contributed by atoms with Crippen molar-refractivity contribution >= 4 is 5.91 Å². The second kappa shape index (κ2) is 6.79. The van der Waals surface area contributed by atoms with Gasteiger partial charge in [-0.3, -0.25) is 4.79 Å². The van der Waals surface area contributed by atoms with Gasteiger partial charge in [-0.15, -0.1) is 0 Å². The molecule has 0 radical (unpaired) electrons. The summed E-state index contributed by atoms with van der Waals surface area (Å²) in [7, 11) is 0. The van der Waals surface area contributed by atoms with Crippen LogP contribution in [0.3, 0.4) is 0 Å². The molecule has 19 heavy (non-hydrogen) atoms. The normalized spacial score (nSPS) is 13.2. The zero-order valence-electron chi connectivity index (χ0n) is 11.7. The molecule has 1 unspecified atom stereocenters. The summed E-state index contributed by atoms with van der Waals surface area (Å²) in [5, 5.41) is 11.7. The summed E-state index contributed by atoms with van der Waals surface area (Å²) in [6, 6.07) is 9.78. The van der Waals surface area contributed by atoms with Crippen molar-refractivity contribution < 1.29 is 9.53 Å².